The highest BCUT2D eigenvalue weighted by Gasteiger charge is 2.20. The molecule has 3 aromatic carbocycles. The molecular weight excluding hydrogens is 472 g/mol. The Morgan fingerprint density at radius 1 is 1.03 bits per heavy atom. The SMILES string of the molecule is CNS(=O)(=O)c1cccc(C(=O)N(C)Cc2cn(-c3ccccc3)nc2-c2ccc(Cl)cc2)c1. The molecule has 34 heavy (non-hydrogen) atoms. The molecule has 174 valence electrons. The average Bonchev–Trinajstić information content (AvgIpc) is 3.28. The molecule has 4 rings (SSSR count). The zero-order chi connectivity index (χ0) is 24.3. The molecule has 1 amide bonds. The predicted octanol–water partition coefficient (Wildman–Crippen LogP) is 4.37. The first-order valence-electron chi connectivity index (χ1n) is 10.5. The smallest absolute Gasteiger partial charge is 0.253 e. The fourth-order valence-electron chi connectivity index (χ4n) is 3.55. The highest BCUT2D eigenvalue weighted by molar-refractivity contribution is 7.89. The lowest BCUT2D eigenvalue weighted by Crippen LogP contribution is -2.27. The van der Waals surface area contributed by atoms with Crippen LogP contribution >= 0.6 is 11.6 Å². The van der Waals surface area contributed by atoms with Crippen LogP contribution < -0.4 is 4.72 Å². The van der Waals surface area contributed by atoms with Crippen molar-refractivity contribution in [2.24, 2.45) is 0 Å². The van der Waals surface area contributed by atoms with Crippen LogP contribution in [-0.4, -0.2) is 43.1 Å². The topological polar surface area (TPSA) is 84.3 Å². The Balaban J connectivity index is 1.67. The lowest BCUT2D eigenvalue weighted by Gasteiger charge is -2.17. The quantitative estimate of drug-likeness (QED) is 0.413. The van der Waals surface area contributed by atoms with Gasteiger partial charge in [-0.25, -0.2) is 17.8 Å². The minimum absolute atomic E-state index is 0.0352. The van der Waals surface area contributed by atoms with E-state index in [0.717, 1.165) is 22.5 Å². The van der Waals surface area contributed by atoms with Crippen molar-refractivity contribution in [2.45, 2.75) is 11.4 Å². The van der Waals surface area contributed by atoms with Crippen LogP contribution in [0.15, 0.2) is 90.0 Å². The summed E-state index contributed by atoms with van der Waals surface area (Å²) < 4.78 is 28.3. The maximum absolute atomic E-state index is 13.2. The van der Waals surface area contributed by atoms with Gasteiger partial charge >= 0.3 is 0 Å². The maximum atomic E-state index is 13.2. The molecule has 0 fully saturated rings. The molecule has 1 N–H and O–H groups in total. The van der Waals surface area contributed by atoms with Gasteiger partial charge in [0.2, 0.25) is 10.0 Å². The predicted molar refractivity (Wildman–Crippen MR) is 132 cm³/mol. The van der Waals surface area contributed by atoms with Crippen LogP contribution in [0, 0.1) is 0 Å². The number of sulfonamides is 1. The van der Waals surface area contributed by atoms with Gasteiger partial charge in [0.15, 0.2) is 0 Å². The van der Waals surface area contributed by atoms with Crippen molar-refractivity contribution >= 4 is 27.5 Å². The van der Waals surface area contributed by atoms with Crippen molar-refractivity contribution < 1.29 is 13.2 Å². The third-order valence-corrected chi connectivity index (χ3v) is 7.01. The third-order valence-electron chi connectivity index (χ3n) is 5.34. The summed E-state index contributed by atoms with van der Waals surface area (Å²) in [5.41, 5.74) is 3.61. The van der Waals surface area contributed by atoms with Crippen LogP contribution in [0.1, 0.15) is 15.9 Å². The first-order chi connectivity index (χ1) is 16.3. The van der Waals surface area contributed by atoms with Crippen LogP contribution in [-0.2, 0) is 16.6 Å². The molecule has 0 aliphatic carbocycles. The van der Waals surface area contributed by atoms with E-state index in [1.807, 2.05) is 48.7 Å². The largest absolute Gasteiger partial charge is 0.337 e. The van der Waals surface area contributed by atoms with E-state index in [-0.39, 0.29) is 22.9 Å². The second kappa shape index (κ2) is 9.80. The van der Waals surface area contributed by atoms with Crippen molar-refractivity contribution in [1.29, 1.82) is 0 Å². The summed E-state index contributed by atoms with van der Waals surface area (Å²) in [6.45, 7) is 0.270. The van der Waals surface area contributed by atoms with E-state index in [9.17, 15) is 13.2 Å². The van der Waals surface area contributed by atoms with Gasteiger partial charge in [-0.2, -0.15) is 5.10 Å². The van der Waals surface area contributed by atoms with Gasteiger partial charge in [-0.1, -0.05) is 48.0 Å². The van der Waals surface area contributed by atoms with Gasteiger partial charge in [0.25, 0.3) is 5.91 Å². The molecule has 1 aromatic heterocycles. The molecule has 0 aliphatic rings. The van der Waals surface area contributed by atoms with Gasteiger partial charge in [-0.05, 0) is 49.5 Å². The number of benzene rings is 3. The zero-order valence-corrected chi connectivity index (χ0v) is 20.2. The second-order valence-corrected chi connectivity index (χ2v) is 10.0. The molecule has 0 bridgehead atoms. The minimum atomic E-state index is -3.66. The maximum Gasteiger partial charge on any atom is 0.253 e. The average molecular weight is 495 g/mol. The van der Waals surface area contributed by atoms with Gasteiger partial charge in [0.05, 0.1) is 16.3 Å². The summed E-state index contributed by atoms with van der Waals surface area (Å²) in [5, 5.41) is 5.39. The Morgan fingerprint density at radius 3 is 2.41 bits per heavy atom. The number of nitrogens with one attached hydrogen (secondary N) is 1. The van der Waals surface area contributed by atoms with Gasteiger partial charge in [0.1, 0.15) is 0 Å². The molecule has 0 aliphatic heterocycles. The van der Waals surface area contributed by atoms with Gasteiger partial charge in [-0.15, -0.1) is 0 Å². The number of hydrogen-bond acceptors (Lipinski definition) is 4. The molecule has 0 saturated heterocycles. The second-order valence-electron chi connectivity index (χ2n) is 7.69. The Morgan fingerprint density at radius 2 is 1.74 bits per heavy atom. The van der Waals surface area contributed by atoms with Crippen LogP contribution in [0.3, 0.4) is 0 Å². The molecular formula is C25H23ClN4O3S. The summed E-state index contributed by atoms with van der Waals surface area (Å²) >= 11 is 6.06. The summed E-state index contributed by atoms with van der Waals surface area (Å²) in [5.74, 6) is -0.303. The number of rotatable bonds is 7. The van der Waals surface area contributed by atoms with E-state index < -0.39 is 10.0 Å². The van der Waals surface area contributed by atoms with E-state index in [1.54, 1.807) is 36.0 Å². The Labute approximate surface area is 203 Å². The van der Waals surface area contributed by atoms with Gasteiger partial charge in [-0.3, -0.25) is 4.79 Å². The molecule has 4 aromatic rings. The van der Waals surface area contributed by atoms with Crippen molar-refractivity contribution in [3.8, 4) is 16.9 Å². The lowest BCUT2D eigenvalue weighted by atomic mass is 10.1. The van der Waals surface area contributed by atoms with E-state index in [0.29, 0.717) is 5.02 Å². The van der Waals surface area contributed by atoms with Gasteiger partial charge in [0, 0.05) is 41.5 Å². The summed E-state index contributed by atoms with van der Waals surface area (Å²) in [4.78, 5) is 14.7. The van der Waals surface area contributed by atoms with Crippen molar-refractivity contribution in [3.63, 3.8) is 0 Å². The van der Waals surface area contributed by atoms with E-state index in [1.165, 1.54) is 24.1 Å². The van der Waals surface area contributed by atoms with Crippen molar-refractivity contribution in [3.05, 3.63) is 101 Å². The highest BCUT2D eigenvalue weighted by atomic mass is 35.5. The third kappa shape index (κ3) is 5.04. The van der Waals surface area contributed by atoms with Crippen molar-refractivity contribution in [2.75, 3.05) is 14.1 Å². The molecule has 9 heteroatoms. The summed E-state index contributed by atoms with van der Waals surface area (Å²) in [6.07, 6.45) is 1.89. The zero-order valence-electron chi connectivity index (χ0n) is 18.6. The van der Waals surface area contributed by atoms with Crippen LogP contribution in [0.25, 0.3) is 16.9 Å². The highest BCUT2D eigenvalue weighted by Crippen LogP contribution is 2.26. The van der Waals surface area contributed by atoms with E-state index in [4.69, 9.17) is 16.7 Å². The summed E-state index contributed by atoms with van der Waals surface area (Å²) in [7, 11) is -0.652. The first kappa shape index (κ1) is 23.7. The molecule has 1 heterocycles. The van der Waals surface area contributed by atoms with Crippen LogP contribution in [0.2, 0.25) is 5.02 Å². The minimum Gasteiger partial charge on any atom is -0.337 e. The number of carbonyl (C=O) groups is 1. The van der Waals surface area contributed by atoms with E-state index >= 15 is 0 Å². The first-order valence-corrected chi connectivity index (χ1v) is 12.3. The molecule has 0 spiro atoms. The molecule has 0 radical (unpaired) electrons. The van der Waals surface area contributed by atoms with Crippen LogP contribution in [0.5, 0.6) is 0 Å². The van der Waals surface area contributed by atoms with Crippen molar-refractivity contribution in [1.82, 2.24) is 19.4 Å². The lowest BCUT2D eigenvalue weighted by molar-refractivity contribution is 0.0785. The van der Waals surface area contributed by atoms with E-state index in [2.05, 4.69) is 4.72 Å². The Bertz CT molecular complexity index is 1420. The normalized spacial score (nSPS) is 11.4. The summed E-state index contributed by atoms with van der Waals surface area (Å²) in [6, 6.07) is 23.0. The fourth-order valence-corrected chi connectivity index (χ4v) is 4.45. The molecule has 0 saturated carbocycles. The van der Waals surface area contributed by atoms with Gasteiger partial charge < -0.3 is 4.90 Å². The standard InChI is InChI=1S/C25H23ClN4O3S/c1-27-34(32,33)23-10-6-7-19(15-23)25(31)29(2)16-20-17-30(22-8-4-3-5-9-22)28-24(20)18-11-13-21(26)14-12-18/h3-15,17,27H,16H2,1-2H3. The fraction of sp³-hybridized carbons (Fsp3) is 0.120. The number of hydrogen-bond donors (Lipinski definition) is 1. The molecule has 7 nitrogen and oxygen atoms in total. The monoisotopic (exact) mass is 494 g/mol. The molecule has 0 unspecified atom stereocenters. The number of halogens is 1. The number of nitrogens with zero attached hydrogens (tertiary/aromatic N) is 3. The number of aromatic nitrogens is 2. The number of para-hydroxylation sites is 1. The van der Waals surface area contributed by atoms with Crippen LogP contribution in [0.4, 0.5) is 0 Å². The Hall–Kier alpha value is -3.46. The number of carbonyl (C=O) groups excluding carboxylic acids is 1. The molecule has 0 atom stereocenters. The Kier molecular flexibility index (Phi) is 6.83. The number of amides is 1.